The number of halogens is 2. The van der Waals surface area contributed by atoms with Crippen molar-refractivity contribution in [3.63, 3.8) is 0 Å². The van der Waals surface area contributed by atoms with E-state index in [0.717, 1.165) is 37.0 Å². The number of nitrogens with one attached hydrogen (secondary N) is 1. The molecule has 14 heteroatoms. The van der Waals surface area contributed by atoms with Gasteiger partial charge < -0.3 is 19.4 Å². The van der Waals surface area contributed by atoms with Crippen LogP contribution >= 0.6 is 0 Å². The third kappa shape index (κ3) is 6.21. The molecule has 6 rings (SSSR count). The first-order chi connectivity index (χ1) is 21.6. The van der Waals surface area contributed by atoms with E-state index in [2.05, 4.69) is 22.6 Å². The summed E-state index contributed by atoms with van der Waals surface area (Å²) in [6, 6.07) is 3.19. The van der Waals surface area contributed by atoms with Crippen LogP contribution in [-0.4, -0.2) is 85.1 Å². The van der Waals surface area contributed by atoms with Crippen molar-refractivity contribution in [1.82, 2.24) is 34.8 Å². The zero-order chi connectivity index (χ0) is 33.0. The molecule has 1 saturated heterocycles. The lowest BCUT2D eigenvalue weighted by atomic mass is 9.69. The Morgan fingerprint density at radius 3 is 2.41 bits per heavy atom. The third-order valence-electron chi connectivity index (χ3n) is 9.06. The summed E-state index contributed by atoms with van der Waals surface area (Å²) < 4.78 is 39.5. The molecule has 3 aromatic rings. The minimum absolute atomic E-state index is 0.0567. The number of aromatic nitrogens is 4. The van der Waals surface area contributed by atoms with Gasteiger partial charge in [-0.1, -0.05) is 31.3 Å². The van der Waals surface area contributed by atoms with Gasteiger partial charge in [0.25, 0.3) is 17.7 Å². The van der Waals surface area contributed by atoms with Crippen LogP contribution in [0.25, 0.3) is 11.2 Å². The minimum Gasteiger partial charge on any atom is -0.444 e. The number of imidazole rings is 1. The van der Waals surface area contributed by atoms with E-state index in [-0.39, 0.29) is 29.8 Å². The van der Waals surface area contributed by atoms with E-state index in [1.54, 1.807) is 33.9 Å². The summed E-state index contributed by atoms with van der Waals surface area (Å²) in [5.41, 5.74) is 2.19. The molecule has 0 radical (unpaired) electrons. The van der Waals surface area contributed by atoms with Crippen LogP contribution in [0.2, 0.25) is 0 Å². The summed E-state index contributed by atoms with van der Waals surface area (Å²) in [6.07, 6.45) is 8.09. The molecule has 0 spiro atoms. The SMILES string of the molecule is Cc1nonc1C(=O)NC(c1cn2ccc(C3=C(C(=O)N4CC(F)(F)C4)CN(C(=O)OC(C)(C)C)C3)cc2n1)C1(C)CCCCC1. The van der Waals surface area contributed by atoms with Crippen LogP contribution in [0, 0.1) is 12.3 Å². The number of hydrogen-bond acceptors (Lipinski definition) is 8. The molecule has 3 amide bonds. The molecule has 12 nitrogen and oxygen atoms in total. The minimum atomic E-state index is -2.92. The van der Waals surface area contributed by atoms with Crippen molar-refractivity contribution < 1.29 is 32.5 Å². The lowest BCUT2D eigenvalue weighted by Crippen LogP contribution is -2.59. The number of pyridine rings is 1. The van der Waals surface area contributed by atoms with Crippen LogP contribution in [0.5, 0.6) is 0 Å². The van der Waals surface area contributed by atoms with Crippen molar-refractivity contribution in [3.05, 3.63) is 52.7 Å². The van der Waals surface area contributed by atoms with Crippen LogP contribution in [0.15, 0.2) is 34.7 Å². The molecule has 1 saturated carbocycles. The predicted octanol–water partition coefficient (Wildman–Crippen LogP) is 4.95. The van der Waals surface area contributed by atoms with E-state index in [0.29, 0.717) is 28.2 Å². The summed E-state index contributed by atoms with van der Waals surface area (Å²) in [5.74, 6) is -3.85. The lowest BCUT2D eigenvalue weighted by Gasteiger charge is -2.40. The molecule has 1 aliphatic carbocycles. The van der Waals surface area contributed by atoms with Gasteiger partial charge in [0, 0.05) is 18.0 Å². The standard InChI is InChI=1S/C32H39F2N7O5/c1-19-25(38-46-37-19)27(42)36-26(31(5)10-7-6-8-11-31)23-16-39-12-9-20(13-24(39)35-23)21-14-40(29(44)45-30(2,3)4)15-22(21)28(43)41-17-32(33,34)18-41/h9,12-13,16,26H,6-8,10-11,14-15,17-18H2,1-5H3,(H,36,42). The molecule has 246 valence electrons. The molecule has 0 bridgehead atoms. The Hall–Kier alpha value is -4.36. The summed E-state index contributed by atoms with van der Waals surface area (Å²) in [5, 5.41) is 10.7. The van der Waals surface area contributed by atoms with Gasteiger partial charge >= 0.3 is 6.09 Å². The van der Waals surface area contributed by atoms with Gasteiger partial charge in [-0.2, -0.15) is 0 Å². The first kappa shape index (κ1) is 31.6. The Labute approximate surface area is 265 Å². The highest BCUT2D eigenvalue weighted by molar-refractivity contribution is 6.04. The molecular weight excluding hydrogens is 600 g/mol. The second-order valence-corrected chi connectivity index (χ2v) is 14.0. The Kier molecular flexibility index (Phi) is 7.88. The van der Waals surface area contributed by atoms with Gasteiger partial charge in [0.1, 0.15) is 16.9 Å². The van der Waals surface area contributed by atoms with E-state index in [4.69, 9.17) is 14.3 Å². The monoisotopic (exact) mass is 639 g/mol. The van der Waals surface area contributed by atoms with Gasteiger partial charge in [-0.25, -0.2) is 23.2 Å². The molecule has 3 aromatic heterocycles. The number of amides is 3. The van der Waals surface area contributed by atoms with E-state index < -0.39 is 48.6 Å². The Morgan fingerprint density at radius 2 is 1.78 bits per heavy atom. The molecule has 1 atom stereocenters. The largest absolute Gasteiger partial charge is 0.444 e. The summed E-state index contributed by atoms with van der Waals surface area (Å²) >= 11 is 0. The normalized spacial score (nSPS) is 20.1. The van der Waals surface area contributed by atoms with Crippen molar-refractivity contribution in [1.29, 1.82) is 0 Å². The number of fused-ring (bicyclic) bond motifs is 1. The fraction of sp³-hybridized carbons (Fsp3) is 0.562. The summed E-state index contributed by atoms with van der Waals surface area (Å²) in [7, 11) is 0. The molecule has 1 N–H and O–H groups in total. The van der Waals surface area contributed by atoms with Crippen LogP contribution in [0.1, 0.15) is 93.3 Å². The smallest absolute Gasteiger partial charge is 0.410 e. The first-order valence-electron chi connectivity index (χ1n) is 15.6. The van der Waals surface area contributed by atoms with Gasteiger partial charge in [0.15, 0.2) is 5.69 Å². The molecule has 2 fully saturated rings. The number of carbonyl (C=O) groups is 3. The molecular formula is C32H39F2N7O5. The van der Waals surface area contributed by atoms with Crippen LogP contribution in [0.4, 0.5) is 13.6 Å². The molecule has 2 aliphatic heterocycles. The fourth-order valence-electron chi connectivity index (χ4n) is 6.61. The fourth-order valence-corrected chi connectivity index (χ4v) is 6.61. The number of aryl methyl sites for hydroxylation is 1. The van der Waals surface area contributed by atoms with Crippen LogP contribution < -0.4 is 5.32 Å². The summed E-state index contributed by atoms with van der Waals surface area (Å²) in [4.78, 5) is 47.2. The number of alkyl halides is 2. The van der Waals surface area contributed by atoms with Gasteiger partial charge in [0.2, 0.25) is 0 Å². The maximum Gasteiger partial charge on any atom is 0.410 e. The Bertz CT molecular complexity index is 1710. The van der Waals surface area contributed by atoms with Gasteiger partial charge in [-0.05, 0) is 74.4 Å². The number of carbonyl (C=O) groups excluding carboxylic acids is 3. The van der Waals surface area contributed by atoms with Gasteiger partial charge in [0.05, 0.1) is 37.9 Å². The average molecular weight is 640 g/mol. The van der Waals surface area contributed by atoms with Crippen molar-refractivity contribution in [2.75, 3.05) is 26.2 Å². The van der Waals surface area contributed by atoms with Crippen molar-refractivity contribution in [3.8, 4) is 0 Å². The number of hydrogen-bond donors (Lipinski definition) is 1. The van der Waals surface area contributed by atoms with E-state index >= 15 is 0 Å². The van der Waals surface area contributed by atoms with E-state index in [1.807, 2.05) is 22.7 Å². The van der Waals surface area contributed by atoms with Crippen molar-refractivity contribution in [2.45, 2.75) is 84.3 Å². The molecule has 46 heavy (non-hydrogen) atoms. The predicted molar refractivity (Wildman–Crippen MR) is 162 cm³/mol. The van der Waals surface area contributed by atoms with Crippen LogP contribution in [-0.2, 0) is 9.53 Å². The third-order valence-corrected chi connectivity index (χ3v) is 9.06. The molecule has 3 aliphatic rings. The number of nitrogens with zero attached hydrogens (tertiary/aromatic N) is 6. The van der Waals surface area contributed by atoms with E-state index in [1.165, 1.54) is 4.90 Å². The van der Waals surface area contributed by atoms with Gasteiger partial charge in [-0.15, -0.1) is 0 Å². The summed E-state index contributed by atoms with van der Waals surface area (Å²) in [6.45, 7) is 7.77. The Balaban J connectivity index is 1.34. The number of likely N-dealkylation sites (tertiary alicyclic amines) is 1. The molecule has 1 unspecified atom stereocenters. The van der Waals surface area contributed by atoms with Crippen molar-refractivity contribution in [2.24, 2.45) is 5.41 Å². The first-order valence-corrected chi connectivity index (χ1v) is 15.6. The lowest BCUT2D eigenvalue weighted by molar-refractivity contribution is -0.161. The van der Waals surface area contributed by atoms with Gasteiger partial charge in [-0.3, -0.25) is 14.5 Å². The number of ether oxygens (including phenoxy) is 1. The maximum absolute atomic E-state index is 13.7. The number of rotatable bonds is 6. The maximum atomic E-state index is 13.7. The zero-order valence-corrected chi connectivity index (χ0v) is 26.7. The topological polar surface area (TPSA) is 135 Å². The van der Waals surface area contributed by atoms with E-state index in [9.17, 15) is 23.2 Å². The quantitative estimate of drug-likeness (QED) is 0.401. The second-order valence-electron chi connectivity index (χ2n) is 14.0. The highest BCUT2D eigenvalue weighted by Gasteiger charge is 2.48. The Morgan fingerprint density at radius 1 is 1.07 bits per heavy atom. The average Bonchev–Trinajstić information content (AvgIpc) is 3.71. The second kappa shape index (κ2) is 11.5. The molecule has 5 heterocycles. The highest BCUT2D eigenvalue weighted by atomic mass is 19.3. The van der Waals surface area contributed by atoms with Crippen molar-refractivity contribution >= 4 is 29.1 Å². The zero-order valence-electron chi connectivity index (χ0n) is 26.7. The molecule has 0 aromatic carbocycles. The highest BCUT2D eigenvalue weighted by Crippen LogP contribution is 2.46. The van der Waals surface area contributed by atoms with Crippen LogP contribution in [0.3, 0.4) is 0 Å².